The number of rotatable bonds is 6. The number of phenolic OH excluding ortho intramolecular Hbond substituents is 1. The molecule has 3 aliphatic carbocycles. The lowest BCUT2D eigenvalue weighted by atomic mass is 9.44. The van der Waals surface area contributed by atoms with Gasteiger partial charge >= 0.3 is 0 Å². The molecule has 244 valence electrons. The first kappa shape index (κ1) is 30.8. The van der Waals surface area contributed by atoms with Crippen molar-refractivity contribution >= 4 is 29.0 Å². The number of ether oxygens (including phenoxy) is 1. The Morgan fingerprint density at radius 1 is 0.796 bits per heavy atom. The van der Waals surface area contributed by atoms with E-state index in [9.17, 15) is 19.5 Å². The maximum absolute atomic E-state index is 15.1. The average molecular weight is 650 g/mol. The molecule has 1 N–H and O–H groups in total. The number of phenols is 1. The number of carbonyl (C=O) groups is 4. The van der Waals surface area contributed by atoms with Crippen LogP contribution in [0.3, 0.4) is 0 Å². The number of hydrogen-bond acceptors (Lipinski definition) is 6. The molecule has 49 heavy (non-hydrogen) atoms. The molecule has 1 aliphatic heterocycles. The van der Waals surface area contributed by atoms with Crippen LogP contribution >= 0.6 is 0 Å². The van der Waals surface area contributed by atoms with Crippen LogP contribution in [0.1, 0.15) is 41.0 Å². The van der Waals surface area contributed by atoms with Gasteiger partial charge in [-0.15, -0.1) is 0 Å². The summed E-state index contributed by atoms with van der Waals surface area (Å²) in [6.07, 6.45) is 4.00. The van der Waals surface area contributed by atoms with Crippen molar-refractivity contribution in [2.45, 2.75) is 30.7 Å². The normalized spacial score (nSPS) is 27.5. The molecule has 0 bridgehead atoms. The second kappa shape index (κ2) is 11.8. The third-order valence-electron chi connectivity index (χ3n) is 11.2. The van der Waals surface area contributed by atoms with Gasteiger partial charge in [-0.1, -0.05) is 115 Å². The molecule has 7 heteroatoms. The maximum atomic E-state index is 15.1. The van der Waals surface area contributed by atoms with Gasteiger partial charge in [-0.3, -0.25) is 24.1 Å². The third-order valence-corrected chi connectivity index (χ3v) is 11.2. The van der Waals surface area contributed by atoms with E-state index in [0.29, 0.717) is 28.7 Å². The summed E-state index contributed by atoms with van der Waals surface area (Å²) in [4.78, 5) is 59.8. The molecule has 6 atom stereocenters. The van der Waals surface area contributed by atoms with Gasteiger partial charge < -0.3 is 9.84 Å². The number of para-hydroxylation sites is 1. The minimum Gasteiger partial charge on any atom is -0.504 e. The number of methoxy groups -OCH3 is 1. The highest BCUT2D eigenvalue weighted by atomic mass is 16.5. The van der Waals surface area contributed by atoms with Crippen LogP contribution < -0.4 is 4.74 Å². The van der Waals surface area contributed by atoms with E-state index in [-0.39, 0.29) is 47.8 Å². The van der Waals surface area contributed by atoms with Crippen LogP contribution in [0.4, 0.5) is 0 Å². The second-order valence-electron chi connectivity index (χ2n) is 13.4. The molecular weight excluding hydrogens is 614 g/mol. The molecule has 6 unspecified atom stereocenters. The number of imide groups is 1. The van der Waals surface area contributed by atoms with Crippen LogP contribution in [0, 0.1) is 23.7 Å². The van der Waals surface area contributed by atoms with E-state index in [1.54, 1.807) is 18.2 Å². The predicted octanol–water partition coefficient (Wildman–Crippen LogP) is 6.43. The Balaban J connectivity index is 1.35. The summed E-state index contributed by atoms with van der Waals surface area (Å²) in [7, 11) is 1.47. The molecule has 0 spiro atoms. The number of nitrogens with zero attached hydrogens (tertiary/aromatic N) is 1. The van der Waals surface area contributed by atoms with Crippen LogP contribution in [-0.2, 0) is 31.1 Å². The minimum absolute atomic E-state index is 0.120. The van der Waals surface area contributed by atoms with E-state index in [1.807, 2.05) is 97.1 Å². The van der Waals surface area contributed by atoms with Crippen LogP contribution in [0.2, 0.25) is 0 Å². The number of Topliss-reactive ketones (excluding diaryl/α,β-unsaturated/α-hetero) is 1. The van der Waals surface area contributed by atoms with Gasteiger partial charge in [-0.25, -0.2) is 0 Å². The summed E-state index contributed by atoms with van der Waals surface area (Å²) in [5.41, 5.74) is 2.30. The van der Waals surface area contributed by atoms with E-state index in [0.717, 1.165) is 11.1 Å². The van der Waals surface area contributed by atoms with Gasteiger partial charge in [0.15, 0.2) is 23.1 Å². The Bertz CT molecular complexity index is 2050. The maximum Gasteiger partial charge on any atom is 0.234 e. The van der Waals surface area contributed by atoms with Crippen LogP contribution in [0.25, 0.3) is 5.57 Å². The largest absolute Gasteiger partial charge is 0.504 e. The molecule has 0 radical (unpaired) electrons. The highest BCUT2D eigenvalue weighted by Crippen LogP contribution is 2.64. The molecule has 4 aromatic rings. The number of carbonyl (C=O) groups excluding carboxylic acids is 4. The Morgan fingerprint density at radius 3 is 2.16 bits per heavy atom. The highest BCUT2D eigenvalue weighted by molar-refractivity contribution is 6.31. The van der Waals surface area contributed by atoms with Crippen molar-refractivity contribution in [1.82, 2.24) is 4.90 Å². The lowest BCUT2D eigenvalue weighted by Gasteiger charge is -2.55. The Hall–Kier alpha value is -5.56. The first-order chi connectivity index (χ1) is 23.9. The van der Waals surface area contributed by atoms with E-state index in [1.165, 1.54) is 18.1 Å². The zero-order chi connectivity index (χ0) is 33.9. The van der Waals surface area contributed by atoms with E-state index < -0.39 is 35.0 Å². The molecule has 2 amide bonds. The van der Waals surface area contributed by atoms with Gasteiger partial charge in [-0.05, 0) is 47.6 Å². The van der Waals surface area contributed by atoms with Crippen molar-refractivity contribution in [3.8, 4) is 11.5 Å². The summed E-state index contributed by atoms with van der Waals surface area (Å²) < 4.78 is 5.54. The van der Waals surface area contributed by atoms with Crippen molar-refractivity contribution in [3.63, 3.8) is 0 Å². The zero-order valence-electron chi connectivity index (χ0n) is 27.0. The fourth-order valence-corrected chi connectivity index (χ4v) is 9.14. The minimum atomic E-state index is -1.43. The van der Waals surface area contributed by atoms with Gasteiger partial charge in [0.2, 0.25) is 11.8 Å². The number of hydrogen-bond donors (Lipinski definition) is 1. The average Bonchev–Trinajstić information content (AvgIpc) is 3.38. The highest BCUT2D eigenvalue weighted by Gasteiger charge is 2.66. The summed E-state index contributed by atoms with van der Waals surface area (Å²) >= 11 is 0. The van der Waals surface area contributed by atoms with Crippen molar-refractivity contribution in [1.29, 1.82) is 0 Å². The second-order valence-corrected chi connectivity index (χ2v) is 13.4. The molecule has 8 rings (SSSR count). The van der Waals surface area contributed by atoms with Gasteiger partial charge in [0, 0.05) is 23.0 Å². The molecule has 4 aromatic carbocycles. The Labute approximate surface area is 284 Å². The molecule has 1 heterocycles. The van der Waals surface area contributed by atoms with Gasteiger partial charge in [-0.2, -0.15) is 0 Å². The topological polar surface area (TPSA) is 101 Å². The van der Waals surface area contributed by atoms with Crippen LogP contribution in [0.15, 0.2) is 127 Å². The summed E-state index contributed by atoms with van der Waals surface area (Å²) in [5, 5.41) is 11.8. The Kier molecular flexibility index (Phi) is 7.43. The lowest BCUT2D eigenvalue weighted by molar-refractivity contribution is -0.141. The summed E-state index contributed by atoms with van der Waals surface area (Å²) in [5.74, 6) is -4.28. The van der Waals surface area contributed by atoms with Crippen molar-refractivity contribution in [3.05, 3.63) is 149 Å². The number of fused-ring (bicyclic) bond motifs is 4. The summed E-state index contributed by atoms with van der Waals surface area (Å²) in [6.45, 7) is 0.170. The quantitative estimate of drug-likeness (QED) is 0.191. The number of allylic oxidation sites excluding steroid dienone is 4. The molecule has 0 aromatic heterocycles. The molecular formula is C42H35NO6. The molecule has 1 saturated heterocycles. The van der Waals surface area contributed by atoms with E-state index in [2.05, 4.69) is 0 Å². The van der Waals surface area contributed by atoms with E-state index in [4.69, 9.17) is 4.74 Å². The van der Waals surface area contributed by atoms with Crippen molar-refractivity contribution in [2.75, 3.05) is 7.11 Å². The van der Waals surface area contributed by atoms with Gasteiger partial charge in [0.05, 0.1) is 30.9 Å². The molecule has 1 saturated carbocycles. The lowest BCUT2D eigenvalue weighted by Crippen LogP contribution is -2.58. The van der Waals surface area contributed by atoms with Gasteiger partial charge in [0.25, 0.3) is 0 Å². The predicted molar refractivity (Wildman–Crippen MR) is 183 cm³/mol. The van der Waals surface area contributed by atoms with Crippen LogP contribution in [-0.4, -0.2) is 40.5 Å². The van der Waals surface area contributed by atoms with Gasteiger partial charge in [0.1, 0.15) is 0 Å². The number of ketones is 2. The van der Waals surface area contributed by atoms with Crippen molar-refractivity contribution < 1.29 is 29.0 Å². The molecule has 4 aliphatic rings. The standard InChI is InChI=1S/C42H35NO6/c1-49-34-19-11-18-30(39(34)46)37-28-20-21-29-36(41(48)43(40(29)47)24-25-12-5-2-6-13-25)32(28)22-33-38(45)31(26-14-7-3-8-15-26)23-35(44)42(33,37)27-16-9-4-10-17-27/h2-20,23,29,32-33,36-37,46H,21-22,24H2,1H3. The fourth-order valence-electron chi connectivity index (χ4n) is 9.14. The summed E-state index contributed by atoms with van der Waals surface area (Å²) in [6, 6.07) is 33.2. The zero-order valence-corrected chi connectivity index (χ0v) is 27.0. The number of likely N-dealkylation sites (tertiary alicyclic amines) is 1. The first-order valence-corrected chi connectivity index (χ1v) is 16.7. The number of amides is 2. The Morgan fingerprint density at radius 2 is 1.47 bits per heavy atom. The SMILES string of the molecule is COc1cccc(C2C3=CCC4C(=O)N(Cc5ccccc5)C(=O)C4C3CC3C(=O)C(c4ccccc4)=CC(=O)C32c2ccccc2)c1O. The smallest absolute Gasteiger partial charge is 0.234 e. The van der Waals surface area contributed by atoms with Crippen molar-refractivity contribution in [2.24, 2.45) is 23.7 Å². The fraction of sp³-hybridized carbons (Fsp3) is 0.238. The first-order valence-electron chi connectivity index (χ1n) is 16.7. The number of benzene rings is 4. The molecule has 2 fully saturated rings. The monoisotopic (exact) mass is 649 g/mol. The number of aromatic hydroxyl groups is 1. The van der Waals surface area contributed by atoms with E-state index >= 15 is 4.79 Å². The third kappa shape index (κ3) is 4.55. The van der Waals surface area contributed by atoms with Crippen LogP contribution in [0.5, 0.6) is 11.5 Å². The molecule has 7 nitrogen and oxygen atoms in total.